The van der Waals surface area contributed by atoms with Crippen LogP contribution in [0.2, 0.25) is 5.02 Å². The van der Waals surface area contributed by atoms with Crippen LogP contribution in [0.1, 0.15) is 16.8 Å². The van der Waals surface area contributed by atoms with Gasteiger partial charge in [0.2, 0.25) is 11.8 Å². The Morgan fingerprint density at radius 2 is 1.70 bits per heavy atom. The van der Waals surface area contributed by atoms with Crippen molar-refractivity contribution >= 4 is 46.4 Å². The average molecular weight is 420 g/mol. The van der Waals surface area contributed by atoms with Crippen LogP contribution in [0.15, 0.2) is 78.9 Å². The zero-order chi connectivity index (χ0) is 21.1. The summed E-state index contributed by atoms with van der Waals surface area (Å²) in [5, 5.41) is 6.01. The minimum atomic E-state index is -0.994. The number of nitrogens with one attached hydrogen (secondary N) is 2. The largest absolute Gasteiger partial charge is 0.326 e. The first-order chi connectivity index (χ1) is 14.5. The Hall–Kier alpha value is -3.64. The van der Waals surface area contributed by atoms with E-state index in [0.717, 1.165) is 0 Å². The maximum absolute atomic E-state index is 13.3. The van der Waals surface area contributed by atoms with Gasteiger partial charge < -0.3 is 10.6 Å². The van der Waals surface area contributed by atoms with Gasteiger partial charge >= 0.3 is 0 Å². The number of carbonyl (C=O) groups is 3. The third-order valence-electron chi connectivity index (χ3n) is 4.76. The number of anilines is 3. The number of para-hydroxylation sites is 2. The number of hydrogen-bond donors (Lipinski definition) is 2. The molecule has 0 unspecified atom stereocenters. The summed E-state index contributed by atoms with van der Waals surface area (Å²) in [5.74, 6) is -1.17. The van der Waals surface area contributed by atoms with Gasteiger partial charge in [-0.15, -0.1) is 0 Å². The van der Waals surface area contributed by atoms with Crippen LogP contribution in [-0.4, -0.2) is 23.8 Å². The molecule has 1 aliphatic rings. The van der Waals surface area contributed by atoms with Crippen LogP contribution in [0.5, 0.6) is 0 Å². The molecular weight excluding hydrogens is 402 g/mol. The highest BCUT2D eigenvalue weighted by molar-refractivity contribution is 6.31. The molecule has 0 aliphatic carbocycles. The van der Waals surface area contributed by atoms with Crippen molar-refractivity contribution < 1.29 is 14.4 Å². The molecule has 3 aromatic rings. The van der Waals surface area contributed by atoms with Crippen molar-refractivity contribution in [1.29, 1.82) is 0 Å². The Kier molecular flexibility index (Phi) is 5.50. The van der Waals surface area contributed by atoms with Crippen molar-refractivity contribution in [1.82, 2.24) is 0 Å². The third kappa shape index (κ3) is 4.04. The number of fused-ring (bicyclic) bond motifs is 1. The quantitative estimate of drug-likeness (QED) is 0.660. The molecule has 3 amide bonds. The molecule has 1 atom stereocenters. The van der Waals surface area contributed by atoms with Crippen molar-refractivity contribution in [2.75, 3.05) is 15.5 Å². The van der Waals surface area contributed by atoms with E-state index in [2.05, 4.69) is 10.6 Å². The van der Waals surface area contributed by atoms with E-state index in [1.165, 1.54) is 4.90 Å². The van der Waals surface area contributed by atoms with Gasteiger partial charge in [-0.3, -0.25) is 19.3 Å². The summed E-state index contributed by atoms with van der Waals surface area (Å²) in [6.45, 7) is 0. The van der Waals surface area contributed by atoms with Crippen LogP contribution < -0.4 is 15.5 Å². The van der Waals surface area contributed by atoms with Gasteiger partial charge in [-0.1, -0.05) is 48.0 Å². The van der Waals surface area contributed by atoms with Gasteiger partial charge in [0.1, 0.15) is 6.04 Å². The van der Waals surface area contributed by atoms with Gasteiger partial charge in [0.15, 0.2) is 0 Å². The van der Waals surface area contributed by atoms with E-state index >= 15 is 0 Å². The van der Waals surface area contributed by atoms with Crippen LogP contribution in [-0.2, 0) is 9.59 Å². The lowest BCUT2D eigenvalue weighted by molar-refractivity contribution is -0.122. The SMILES string of the molecule is O=C(C[C@@H]1C(=O)Nc2ccccc2N1C(=O)c1ccccc1)Nc1cccc(Cl)c1. The number of benzene rings is 3. The molecule has 0 radical (unpaired) electrons. The zero-order valence-electron chi connectivity index (χ0n) is 15.8. The molecular formula is C23H18ClN3O3. The number of carbonyl (C=O) groups excluding carboxylic acids is 3. The molecule has 0 saturated carbocycles. The van der Waals surface area contributed by atoms with Gasteiger partial charge in [0.25, 0.3) is 5.91 Å². The van der Waals surface area contributed by atoms with Crippen molar-refractivity contribution in [2.45, 2.75) is 12.5 Å². The maximum Gasteiger partial charge on any atom is 0.259 e. The summed E-state index contributed by atoms with van der Waals surface area (Å²) in [7, 11) is 0. The first-order valence-corrected chi connectivity index (χ1v) is 9.74. The Morgan fingerprint density at radius 3 is 2.47 bits per heavy atom. The van der Waals surface area contributed by atoms with Gasteiger partial charge in [-0.2, -0.15) is 0 Å². The molecule has 6 nitrogen and oxygen atoms in total. The summed E-state index contributed by atoms with van der Waals surface area (Å²) in [6.07, 6.45) is -0.203. The molecule has 1 heterocycles. The van der Waals surface area contributed by atoms with E-state index in [1.54, 1.807) is 72.8 Å². The Bertz CT molecular complexity index is 1120. The molecule has 0 spiro atoms. The van der Waals surface area contributed by atoms with Crippen molar-refractivity contribution in [3.63, 3.8) is 0 Å². The first-order valence-electron chi connectivity index (χ1n) is 9.37. The number of hydrogen-bond acceptors (Lipinski definition) is 3. The van der Waals surface area contributed by atoms with Crippen LogP contribution in [0.3, 0.4) is 0 Å². The fourth-order valence-corrected chi connectivity index (χ4v) is 3.59. The van der Waals surface area contributed by atoms with Crippen molar-refractivity contribution in [3.05, 3.63) is 89.4 Å². The Balaban J connectivity index is 1.65. The summed E-state index contributed by atoms with van der Waals surface area (Å²) < 4.78 is 0. The predicted molar refractivity (Wildman–Crippen MR) is 117 cm³/mol. The van der Waals surface area contributed by atoms with E-state index in [0.29, 0.717) is 27.6 Å². The average Bonchev–Trinajstić information content (AvgIpc) is 2.74. The van der Waals surface area contributed by atoms with Crippen LogP contribution in [0.4, 0.5) is 17.1 Å². The second-order valence-corrected chi connectivity index (χ2v) is 7.26. The molecule has 7 heteroatoms. The highest BCUT2D eigenvalue weighted by Crippen LogP contribution is 2.34. The third-order valence-corrected chi connectivity index (χ3v) is 5.00. The topological polar surface area (TPSA) is 78.5 Å². The van der Waals surface area contributed by atoms with Crippen LogP contribution in [0, 0.1) is 0 Å². The van der Waals surface area contributed by atoms with E-state index in [4.69, 9.17) is 11.6 Å². The number of rotatable bonds is 4. The van der Waals surface area contributed by atoms with Gasteiger partial charge in [0, 0.05) is 16.3 Å². The lowest BCUT2D eigenvalue weighted by Gasteiger charge is -2.36. The molecule has 30 heavy (non-hydrogen) atoms. The van der Waals surface area contributed by atoms with Crippen LogP contribution in [0.25, 0.3) is 0 Å². The normalized spacial score (nSPS) is 15.2. The lowest BCUT2D eigenvalue weighted by atomic mass is 10.0. The highest BCUT2D eigenvalue weighted by atomic mass is 35.5. The molecule has 3 aromatic carbocycles. The van der Waals surface area contributed by atoms with E-state index in [-0.39, 0.29) is 12.3 Å². The minimum Gasteiger partial charge on any atom is -0.326 e. The molecule has 1 aliphatic heterocycles. The summed E-state index contributed by atoms with van der Waals surface area (Å²) in [4.78, 5) is 40.2. The standard InChI is InChI=1S/C23H18ClN3O3/c24-16-9-6-10-17(13-16)25-21(28)14-20-22(29)26-18-11-4-5-12-19(18)27(20)23(30)15-7-2-1-3-8-15/h1-13,20H,14H2,(H,25,28)(H,26,29)/t20-/m1/s1. The molecule has 0 saturated heterocycles. The summed E-state index contributed by atoms with van der Waals surface area (Å²) >= 11 is 5.96. The smallest absolute Gasteiger partial charge is 0.259 e. The number of halogens is 1. The van der Waals surface area contributed by atoms with E-state index < -0.39 is 17.9 Å². The molecule has 0 bridgehead atoms. The van der Waals surface area contributed by atoms with Crippen molar-refractivity contribution in [2.24, 2.45) is 0 Å². The van der Waals surface area contributed by atoms with Crippen LogP contribution >= 0.6 is 11.6 Å². The van der Waals surface area contributed by atoms with Gasteiger partial charge in [0.05, 0.1) is 17.8 Å². The number of amides is 3. The first kappa shape index (κ1) is 19.7. The second kappa shape index (κ2) is 8.39. The summed E-state index contributed by atoms with van der Waals surface area (Å²) in [6, 6.07) is 21.4. The predicted octanol–water partition coefficient (Wildman–Crippen LogP) is 4.34. The molecule has 0 aromatic heterocycles. The van der Waals surface area contributed by atoms with Crippen molar-refractivity contribution in [3.8, 4) is 0 Å². The van der Waals surface area contributed by atoms with E-state index in [1.807, 2.05) is 6.07 Å². The lowest BCUT2D eigenvalue weighted by Crippen LogP contribution is -2.52. The number of nitrogens with zero attached hydrogens (tertiary/aromatic N) is 1. The molecule has 2 N–H and O–H groups in total. The Morgan fingerprint density at radius 1 is 0.967 bits per heavy atom. The Labute approximate surface area is 178 Å². The van der Waals surface area contributed by atoms with E-state index in [9.17, 15) is 14.4 Å². The van der Waals surface area contributed by atoms with Gasteiger partial charge in [-0.05, 0) is 42.5 Å². The monoisotopic (exact) mass is 419 g/mol. The summed E-state index contributed by atoms with van der Waals surface area (Å²) in [5.41, 5.74) is 2.03. The molecule has 150 valence electrons. The minimum absolute atomic E-state index is 0.203. The van der Waals surface area contributed by atoms with Gasteiger partial charge in [-0.25, -0.2) is 0 Å². The highest BCUT2D eigenvalue weighted by Gasteiger charge is 2.38. The zero-order valence-corrected chi connectivity index (χ0v) is 16.6. The fourth-order valence-electron chi connectivity index (χ4n) is 3.40. The molecule has 0 fully saturated rings. The second-order valence-electron chi connectivity index (χ2n) is 6.83. The molecule has 4 rings (SSSR count). The fraction of sp³-hybridized carbons (Fsp3) is 0.0870. The maximum atomic E-state index is 13.3.